The van der Waals surface area contributed by atoms with E-state index in [4.69, 9.17) is 0 Å². The lowest BCUT2D eigenvalue weighted by atomic mass is 10.1. The molecule has 2 aromatic heterocycles. The molecule has 0 amide bonds. The number of benzene rings is 1. The van der Waals surface area contributed by atoms with Gasteiger partial charge in [0.1, 0.15) is 5.65 Å². The van der Waals surface area contributed by atoms with Crippen molar-refractivity contribution in [3.05, 3.63) is 70.3 Å². The van der Waals surface area contributed by atoms with Gasteiger partial charge < -0.3 is 5.32 Å². The van der Waals surface area contributed by atoms with Gasteiger partial charge in [-0.1, -0.05) is 19.1 Å². The Morgan fingerprint density at radius 2 is 1.89 bits per heavy atom. The van der Waals surface area contributed by atoms with Gasteiger partial charge in [0.15, 0.2) is 0 Å². The number of hydrogen-bond donors (Lipinski definition) is 2. The van der Waals surface area contributed by atoms with Crippen molar-refractivity contribution >= 4 is 27.0 Å². The number of nitrogens with one attached hydrogen (secondary N) is 2. The summed E-state index contributed by atoms with van der Waals surface area (Å²) in [5, 5.41) is 3.23. The number of sulfonamides is 1. The fraction of sp³-hybridized carbons (Fsp3) is 0.263. The zero-order valence-corrected chi connectivity index (χ0v) is 16.1. The standard InChI is InChI=1S/C19H22N4O3S/c1-3-11-27(25,26)22-17-8-6-7-16(14(17)2)20-13-15-12-19(24)23-10-5-4-9-18(23)21-15/h4-10,12,20,22H,3,11,13H2,1-2H3. The minimum Gasteiger partial charge on any atom is -0.379 e. The quantitative estimate of drug-likeness (QED) is 0.651. The largest absolute Gasteiger partial charge is 0.379 e. The molecule has 3 aromatic rings. The maximum Gasteiger partial charge on any atom is 0.258 e. The van der Waals surface area contributed by atoms with Gasteiger partial charge >= 0.3 is 0 Å². The minimum atomic E-state index is -3.36. The number of hydrogen-bond acceptors (Lipinski definition) is 5. The van der Waals surface area contributed by atoms with Crippen molar-refractivity contribution in [1.29, 1.82) is 0 Å². The van der Waals surface area contributed by atoms with Crippen LogP contribution in [0.25, 0.3) is 5.65 Å². The average Bonchev–Trinajstić information content (AvgIpc) is 2.62. The molecule has 8 heteroatoms. The second kappa shape index (κ2) is 7.79. The molecule has 0 spiro atoms. The molecule has 3 rings (SSSR count). The highest BCUT2D eigenvalue weighted by molar-refractivity contribution is 7.92. The number of anilines is 2. The first-order valence-electron chi connectivity index (χ1n) is 8.71. The first-order chi connectivity index (χ1) is 12.9. The SMILES string of the molecule is CCCS(=O)(=O)Nc1cccc(NCc2cc(=O)n3ccccc3n2)c1C. The zero-order chi connectivity index (χ0) is 19.4. The highest BCUT2D eigenvalue weighted by Gasteiger charge is 2.12. The molecule has 0 saturated carbocycles. The first kappa shape index (κ1) is 18.9. The Hall–Kier alpha value is -2.87. The molecule has 0 aliphatic heterocycles. The Bertz CT molecular complexity index is 1120. The zero-order valence-electron chi connectivity index (χ0n) is 15.3. The minimum absolute atomic E-state index is 0.0784. The summed E-state index contributed by atoms with van der Waals surface area (Å²) in [6.45, 7) is 4.02. The lowest BCUT2D eigenvalue weighted by Crippen LogP contribution is -2.18. The van der Waals surface area contributed by atoms with Crippen molar-refractivity contribution < 1.29 is 8.42 Å². The van der Waals surface area contributed by atoms with Gasteiger partial charge in [0.2, 0.25) is 10.0 Å². The molecule has 27 heavy (non-hydrogen) atoms. The maximum absolute atomic E-state index is 12.2. The van der Waals surface area contributed by atoms with Crippen molar-refractivity contribution in [2.75, 3.05) is 15.8 Å². The van der Waals surface area contributed by atoms with Gasteiger partial charge in [0.25, 0.3) is 5.56 Å². The fourth-order valence-corrected chi connectivity index (χ4v) is 4.00. The van der Waals surface area contributed by atoms with E-state index in [-0.39, 0.29) is 11.3 Å². The highest BCUT2D eigenvalue weighted by Crippen LogP contribution is 2.24. The lowest BCUT2D eigenvalue weighted by Gasteiger charge is -2.15. The molecule has 0 bridgehead atoms. The number of fused-ring (bicyclic) bond motifs is 1. The van der Waals surface area contributed by atoms with Gasteiger partial charge in [0, 0.05) is 18.0 Å². The summed E-state index contributed by atoms with van der Waals surface area (Å²) in [4.78, 5) is 16.6. The Kier molecular flexibility index (Phi) is 5.46. The number of rotatable bonds is 7. The summed E-state index contributed by atoms with van der Waals surface area (Å²) < 4.78 is 28.2. The van der Waals surface area contributed by atoms with Crippen molar-refractivity contribution in [3.8, 4) is 0 Å². The summed E-state index contributed by atoms with van der Waals surface area (Å²) in [6.07, 6.45) is 2.23. The Morgan fingerprint density at radius 3 is 2.67 bits per heavy atom. The van der Waals surface area contributed by atoms with E-state index in [1.54, 1.807) is 30.5 Å². The second-order valence-electron chi connectivity index (χ2n) is 6.27. The van der Waals surface area contributed by atoms with E-state index in [1.807, 2.05) is 26.0 Å². The highest BCUT2D eigenvalue weighted by atomic mass is 32.2. The Labute approximate surface area is 158 Å². The van der Waals surface area contributed by atoms with Crippen LogP contribution in [0, 0.1) is 6.92 Å². The molecular formula is C19H22N4O3S. The molecule has 0 fully saturated rings. The summed E-state index contributed by atoms with van der Waals surface area (Å²) in [7, 11) is -3.36. The van der Waals surface area contributed by atoms with Gasteiger partial charge in [-0.3, -0.25) is 13.9 Å². The van der Waals surface area contributed by atoms with Gasteiger partial charge in [0.05, 0.1) is 23.7 Å². The van der Waals surface area contributed by atoms with Gasteiger partial charge in [-0.15, -0.1) is 0 Å². The molecular weight excluding hydrogens is 364 g/mol. The predicted molar refractivity (Wildman–Crippen MR) is 108 cm³/mol. The van der Waals surface area contributed by atoms with Crippen LogP contribution in [0.5, 0.6) is 0 Å². The van der Waals surface area contributed by atoms with Crippen LogP contribution in [0.3, 0.4) is 0 Å². The molecule has 0 saturated heterocycles. The Morgan fingerprint density at radius 1 is 1.11 bits per heavy atom. The Balaban J connectivity index is 1.81. The third-order valence-corrected chi connectivity index (χ3v) is 5.63. The third kappa shape index (κ3) is 4.46. The van der Waals surface area contributed by atoms with E-state index in [9.17, 15) is 13.2 Å². The molecule has 0 aliphatic rings. The molecule has 142 valence electrons. The monoisotopic (exact) mass is 386 g/mol. The van der Waals surface area contributed by atoms with Crippen molar-refractivity contribution in [2.45, 2.75) is 26.8 Å². The summed E-state index contributed by atoms with van der Waals surface area (Å²) in [5.41, 5.74) is 3.16. The van der Waals surface area contributed by atoms with E-state index in [2.05, 4.69) is 15.0 Å². The van der Waals surface area contributed by atoms with Crippen LogP contribution in [0.1, 0.15) is 24.6 Å². The smallest absolute Gasteiger partial charge is 0.258 e. The van der Waals surface area contributed by atoms with Crippen LogP contribution < -0.4 is 15.6 Å². The molecule has 0 atom stereocenters. The first-order valence-corrected chi connectivity index (χ1v) is 10.4. The normalized spacial score (nSPS) is 11.5. The topological polar surface area (TPSA) is 92.6 Å². The van der Waals surface area contributed by atoms with Crippen molar-refractivity contribution in [3.63, 3.8) is 0 Å². The van der Waals surface area contributed by atoms with Crippen LogP contribution in [-0.4, -0.2) is 23.6 Å². The van der Waals surface area contributed by atoms with Crippen LogP contribution >= 0.6 is 0 Å². The molecule has 0 radical (unpaired) electrons. The van der Waals surface area contributed by atoms with E-state index < -0.39 is 10.0 Å². The molecule has 0 aliphatic carbocycles. The van der Waals surface area contributed by atoms with Crippen LogP contribution in [-0.2, 0) is 16.6 Å². The van der Waals surface area contributed by atoms with E-state index in [1.165, 1.54) is 10.5 Å². The van der Waals surface area contributed by atoms with Crippen LogP contribution in [0.2, 0.25) is 0 Å². The maximum atomic E-state index is 12.2. The van der Waals surface area contributed by atoms with Crippen LogP contribution in [0.4, 0.5) is 11.4 Å². The van der Waals surface area contributed by atoms with Crippen molar-refractivity contribution in [1.82, 2.24) is 9.38 Å². The summed E-state index contributed by atoms with van der Waals surface area (Å²) in [5.74, 6) is 0.0784. The summed E-state index contributed by atoms with van der Waals surface area (Å²) >= 11 is 0. The lowest BCUT2D eigenvalue weighted by molar-refractivity contribution is 0.600. The van der Waals surface area contributed by atoms with E-state index >= 15 is 0 Å². The number of nitrogens with zero attached hydrogens (tertiary/aromatic N) is 2. The average molecular weight is 386 g/mol. The summed E-state index contributed by atoms with van der Waals surface area (Å²) in [6, 6.07) is 12.2. The van der Waals surface area contributed by atoms with E-state index in [0.29, 0.717) is 30.0 Å². The second-order valence-corrected chi connectivity index (χ2v) is 8.11. The molecule has 7 nitrogen and oxygen atoms in total. The molecule has 0 unspecified atom stereocenters. The van der Waals surface area contributed by atoms with Crippen molar-refractivity contribution in [2.24, 2.45) is 0 Å². The van der Waals surface area contributed by atoms with Gasteiger partial charge in [-0.05, 0) is 43.2 Å². The molecule has 1 aromatic carbocycles. The number of aromatic nitrogens is 2. The van der Waals surface area contributed by atoms with Crippen LogP contribution in [0.15, 0.2) is 53.5 Å². The van der Waals surface area contributed by atoms with Gasteiger partial charge in [-0.25, -0.2) is 13.4 Å². The van der Waals surface area contributed by atoms with Gasteiger partial charge in [-0.2, -0.15) is 0 Å². The number of pyridine rings is 1. The fourth-order valence-electron chi connectivity index (χ4n) is 2.80. The third-order valence-electron chi connectivity index (χ3n) is 4.16. The molecule has 2 heterocycles. The predicted octanol–water partition coefficient (Wildman–Crippen LogP) is 2.77. The van der Waals surface area contributed by atoms with E-state index in [0.717, 1.165) is 11.3 Å². The molecule has 2 N–H and O–H groups in total.